The Morgan fingerprint density at radius 3 is 1.59 bits per heavy atom. The molecule has 0 heterocycles. The van der Waals surface area contributed by atoms with Crippen molar-refractivity contribution in [1.82, 2.24) is 0 Å². The van der Waals surface area contributed by atoms with E-state index in [1.54, 1.807) is 0 Å². The lowest BCUT2D eigenvalue weighted by molar-refractivity contribution is 0.146. The molecule has 0 aromatic heterocycles. The van der Waals surface area contributed by atoms with Crippen LogP contribution in [0, 0.1) is 0 Å². The zero-order chi connectivity index (χ0) is 13.7. The Morgan fingerprint density at radius 1 is 1.00 bits per heavy atom. The summed E-state index contributed by atoms with van der Waals surface area (Å²) in [5.74, 6) is 0. The van der Waals surface area contributed by atoms with E-state index in [-0.39, 0.29) is 0 Å². The van der Waals surface area contributed by atoms with E-state index in [0.29, 0.717) is 0 Å². The van der Waals surface area contributed by atoms with Crippen LogP contribution in [0.1, 0.15) is 0 Å². The van der Waals surface area contributed by atoms with Crippen LogP contribution in [-0.4, -0.2) is 20.8 Å². The van der Waals surface area contributed by atoms with Crippen molar-refractivity contribution in [2.24, 2.45) is 0 Å². The second kappa shape index (κ2) is 7.28. The average Bonchev–Trinajstić information content (AvgIpc) is 2.11. The molecule has 0 bridgehead atoms. The molecule has 0 saturated carbocycles. The molecular formula is C6H7Cl6O4P. The molecule has 4 nitrogen and oxygen atoms in total. The molecule has 0 aliphatic heterocycles. The zero-order valence-corrected chi connectivity index (χ0v) is 13.5. The van der Waals surface area contributed by atoms with Gasteiger partial charge in [0, 0.05) is 0 Å². The SMILES string of the molecule is C=COP(=O)(OCC(Cl)(Cl)Cl)OCC(Cl)(Cl)Cl. The molecule has 0 rings (SSSR count). The highest BCUT2D eigenvalue weighted by Gasteiger charge is 2.35. The largest absolute Gasteiger partial charge is 0.529 e. The van der Waals surface area contributed by atoms with Crippen molar-refractivity contribution in [2.75, 3.05) is 13.2 Å². The summed E-state index contributed by atoms with van der Waals surface area (Å²) in [6.07, 6.45) is 0.831. The second-order valence-electron chi connectivity index (χ2n) is 2.50. The summed E-state index contributed by atoms with van der Waals surface area (Å²) < 4.78 is 22.2. The van der Waals surface area contributed by atoms with Gasteiger partial charge in [0.25, 0.3) is 0 Å². The number of alkyl halides is 6. The number of rotatable bonds is 6. The molecule has 0 atom stereocenters. The van der Waals surface area contributed by atoms with Crippen LogP contribution in [0.2, 0.25) is 0 Å². The Labute approximate surface area is 129 Å². The summed E-state index contributed by atoms with van der Waals surface area (Å²) in [5.41, 5.74) is 0. The highest BCUT2D eigenvalue weighted by molar-refractivity contribution is 7.48. The minimum absolute atomic E-state index is 0.539. The molecule has 0 spiro atoms. The van der Waals surface area contributed by atoms with Gasteiger partial charge in [-0.25, -0.2) is 4.57 Å². The topological polar surface area (TPSA) is 44.8 Å². The predicted molar refractivity (Wildman–Crippen MR) is 71.4 cm³/mol. The molecule has 0 aromatic carbocycles. The Kier molecular flexibility index (Phi) is 7.89. The molecule has 0 aliphatic rings. The first-order valence-electron chi connectivity index (χ1n) is 3.79. The molecule has 0 saturated heterocycles. The maximum atomic E-state index is 11.8. The quantitative estimate of drug-likeness (QED) is 0.365. The summed E-state index contributed by atoms with van der Waals surface area (Å²) in [7, 11) is -4.04. The van der Waals surface area contributed by atoms with Gasteiger partial charge in [0.15, 0.2) is 0 Å². The van der Waals surface area contributed by atoms with Crippen molar-refractivity contribution in [3.63, 3.8) is 0 Å². The van der Waals surface area contributed by atoms with Crippen LogP contribution < -0.4 is 0 Å². The molecule has 17 heavy (non-hydrogen) atoms. The molecule has 0 amide bonds. The maximum absolute atomic E-state index is 11.8. The van der Waals surface area contributed by atoms with Crippen molar-refractivity contribution in [3.8, 4) is 0 Å². The minimum atomic E-state index is -4.04. The van der Waals surface area contributed by atoms with Crippen LogP contribution in [0.5, 0.6) is 0 Å². The first kappa shape index (κ1) is 18.4. The van der Waals surface area contributed by atoms with Gasteiger partial charge in [-0.05, 0) is 0 Å². The summed E-state index contributed by atoms with van der Waals surface area (Å²) in [6.45, 7) is 2.10. The standard InChI is InChI=1S/C6H7Cl6O4P/c1-2-14-17(13,15-3-5(7,8)9)16-4-6(10,11)12/h2H,1,3-4H2. The van der Waals surface area contributed by atoms with Crippen LogP contribution in [-0.2, 0) is 18.1 Å². The Morgan fingerprint density at radius 2 is 1.35 bits per heavy atom. The number of phosphoric ester groups is 1. The van der Waals surface area contributed by atoms with Gasteiger partial charge in [-0.2, -0.15) is 0 Å². The highest BCUT2D eigenvalue weighted by atomic mass is 35.6. The fourth-order valence-corrected chi connectivity index (χ4v) is 2.36. The van der Waals surface area contributed by atoms with E-state index in [2.05, 4.69) is 11.1 Å². The van der Waals surface area contributed by atoms with E-state index in [4.69, 9.17) is 78.7 Å². The Hall–Kier alpha value is 1.43. The molecule has 0 unspecified atom stereocenters. The second-order valence-corrected chi connectivity index (χ2v) is 9.15. The van der Waals surface area contributed by atoms with Gasteiger partial charge in [0.2, 0.25) is 7.59 Å². The van der Waals surface area contributed by atoms with Gasteiger partial charge >= 0.3 is 7.82 Å². The van der Waals surface area contributed by atoms with Crippen molar-refractivity contribution in [3.05, 3.63) is 12.8 Å². The maximum Gasteiger partial charge on any atom is 0.529 e. The third kappa shape index (κ3) is 11.0. The fourth-order valence-electron chi connectivity index (χ4n) is 0.494. The molecular weight excluding hydrogens is 380 g/mol. The van der Waals surface area contributed by atoms with Crippen LogP contribution >= 0.6 is 77.4 Å². The number of phosphoric acid groups is 1. The van der Waals surface area contributed by atoms with E-state index >= 15 is 0 Å². The fraction of sp³-hybridized carbons (Fsp3) is 0.667. The number of hydrogen-bond acceptors (Lipinski definition) is 4. The lowest BCUT2D eigenvalue weighted by Gasteiger charge is -2.20. The summed E-state index contributed by atoms with van der Waals surface area (Å²) in [6, 6.07) is 0. The van der Waals surface area contributed by atoms with E-state index in [1.807, 2.05) is 0 Å². The van der Waals surface area contributed by atoms with Gasteiger partial charge in [-0.3, -0.25) is 9.05 Å². The first-order chi connectivity index (χ1) is 7.47. The van der Waals surface area contributed by atoms with Gasteiger partial charge in [-0.15, -0.1) is 0 Å². The van der Waals surface area contributed by atoms with E-state index < -0.39 is 28.6 Å². The Balaban J connectivity index is 4.46. The molecule has 0 aromatic rings. The van der Waals surface area contributed by atoms with E-state index in [1.165, 1.54) is 0 Å². The monoisotopic (exact) mass is 384 g/mol. The lowest BCUT2D eigenvalue weighted by Crippen LogP contribution is -2.16. The predicted octanol–water partition coefficient (Wildman–Crippen LogP) is 5.03. The van der Waals surface area contributed by atoms with Gasteiger partial charge in [0.1, 0.15) is 13.2 Å². The van der Waals surface area contributed by atoms with E-state index in [9.17, 15) is 4.57 Å². The first-order valence-corrected chi connectivity index (χ1v) is 7.52. The molecule has 11 heteroatoms. The van der Waals surface area contributed by atoms with Crippen molar-refractivity contribution in [2.45, 2.75) is 7.59 Å². The third-order valence-electron chi connectivity index (χ3n) is 0.976. The molecule has 0 N–H and O–H groups in total. The van der Waals surface area contributed by atoms with Crippen LogP contribution in [0.15, 0.2) is 12.8 Å². The molecule has 0 aliphatic carbocycles. The molecule has 0 radical (unpaired) electrons. The summed E-state index contributed by atoms with van der Waals surface area (Å²) in [5, 5.41) is 0. The Bertz CT molecular complexity index is 276. The van der Waals surface area contributed by atoms with Crippen molar-refractivity contribution >= 4 is 77.4 Å². The number of halogens is 6. The van der Waals surface area contributed by atoms with Gasteiger partial charge in [0.05, 0.1) is 6.26 Å². The smallest absolute Gasteiger partial charge is 0.413 e. The minimum Gasteiger partial charge on any atom is -0.413 e. The summed E-state index contributed by atoms with van der Waals surface area (Å²) >= 11 is 32.4. The van der Waals surface area contributed by atoms with Crippen LogP contribution in [0.4, 0.5) is 0 Å². The molecule has 0 fully saturated rings. The third-order valence-corrected chi connectivity index (χ3v) is 2.93. The van der Waals surface area contributed by atoms with E-state index in [0.717, 1.165) is 6.26 Å². The van der Waals surface area contributed by atoms with Crippen LogP contribution in [0.25, 0.3) is 0 Å². The normalized spacial score (nSPS) is 13.5. The van der Waals surface area contributed by atoms with Crippen LogP contribution in [0.3, 0.4) is 0 Å². The van der Waals surface area contributed by atoms with Crippen molar-refractivity contribution < 1.29 is 18.1 Å². The van der Waals surface area contributed by atoms with Gasteiger partial charge in [-0.1, -0.05) is 76.2 Å². The highest BCUT2D eigenvalue weighted by Crippen LogP contribution is 2.52. The lowest BCUT2D eigenvalue weighted by atomic mass is 10.9. The number of hydrogen-bond donors (Lipinski definition) is 0. The molecule has 102 valence electrons. The van der Waals surface area contributed by atoms with Gasteiger partial charge < -0.3 is 4.52 Å². The summed E-state index contributed by atoms with van der Waals surface area (Å²) in [4.78, 5) is 0. The average molecular weight is 387 g/mol. The zero-order valence-electron chi connectivity index (χ0n) is 8.05. The van der Waals surface area contributed by atoms with Crippen molar-refractivity contribution in [1.29, 1.82) is 0 Å².